The molecule has 25 heavy (non-hydrogen) atoms. The van der Waals surface area contributed by atoms with Gasteiger partial charge in [0.15, 0.2) is 6.10 Å². The zero-order chi connectivity index (χ0) is 18.1. The molecular weight excluding hydrogens is 361 g/mol. The number of carboxylic acid groups (broad SMARTS) is 1. The van der Waals surface area contributed by atoms with Crippen molar-refractivity contribution >= 4 is 40.1 Å². The summed E-state index contributed by atoms with van der Waals surface area (Å²) in [6, 6.07) is 12.6. The van der Waals surface area contributed by atoms with Gasteiger partial charge in [-0.1, -0.05) is 35.3 Å². The molecular formula is C19H15Cl2NO3. The Balaban J connectivity index is 2.44. The summed E-state index contributed by atoms with van der Waals surface area (Å²) in [6.45, 7) is 1.78. The number of methoxy groups -OCH3 is 1. The van der Waals surface area contributed by atoms with Crippen LogP contribution in [-0.2, 0) is 9.53 Å². The van der Waals surface area contributed by atoms with Crippen molar-refractivity contribution < 1.29 is 14.6 Å². The fraction of sp³-hybridized carbons (Fsp3) is 0.158. The molecule has 1 unspecified atom stereocenters. The van der Waals surface area contributed by atoms with Crippen molar-refractivity contribution in [2.24, 2.45) is 0 Å². The van der Waals surface area contributed by atoms with Gasteiger partial charge in [0.2, 0.25) is 0 Å². The van der Waals surface area contributed by atoms with Gasteiger partial charge in [-0.25, -0.2) is 4.79 Å². The number of fused-ring (bicyclic) bond motifs is 1. The fourth-order valence-electron chi connectivity index (χ4n) is 2.96. The average Bonchev–Trinajstić information content (AvgIpc) is 2.57. The van der Waals surface area contributed by atoms with E-state index in [9.17, 15) is 9.90 Å². The van der Waals surface area contributed by atoms with Gasteiger partial charge in [-0.15, -0.1) is 0 Å². The molecule has 4 nitrogen and oxygen atoms in total. The van der Waals surface area contributed by atoms with E-state index in [1.165, 1.54) is 7.11 Å². The van der Waals surface area contributed by atoms with E-state index in [1.807, 2.05) is 18.2 Å². The Morgan fingerprint density at radius 1 is 1.12 bits per heavy atom. The van der Waals surface area contributed by atoms with Crippen molar-refractivity contribution in [1.29, 1.82) is 0 Å². The molecule has 3 rings (SSSR count). The highest BCUT2D eigenvalue weighted by Crippen LogP contribution is 2.38. The summed E-state index contributed by atoms with van der Waals surface area (Å²) in [5, 5.41) is 11.5. The Hall–Kier alpha value is -2.14. The highest BCUT2D eigenvalue weighted by Gasteiger charge is 2.27. The van der Waals surface area contributed by atoms with Gasteiger partial charge in [-0.2, -0.15) is 0 Å². The molecule has 0 saturated carbocycles. The van der Waals surface area contributed by atoms with Crippen molar-refractivity contribution in [3.8, 4) is 11.1 Å². The van der Waals surface area contributed by atoms with Gasteiger partial charge in [0.05, 0.1) is 5.52 Å². The van der Waals surface area contributed by atoms with E-state index in [-0.39, 0.29) is 0 Å². The van der Waals surface area contributed by atoms with Gasteiger partial charge in [-0.3, -0.25) is 4.98 Å². The summed E-state index contributed by atoms with van der Waals surface area (Å²) in [5.41, 5.74) is 3.38. The van der Waals surface area contributed by atoms with Gasteiger partial charge in [0.25, 0.3) is 0 Å². The Bertz CT molecular complexity index is 955. The smallest absolute Gasteiger partial charge is 0.337 e. The Kier molecular flexibility index (Phi) is 4.95. The van der Waals surface area contributed by atoms with Crippen molar-refractivity contribution in [2.75, 3.05) is 7.11 Å². The monoisotopic (exact) mass is 375 g/mol. The highest BCUT2D eigenvalue weighted by atomic mass is 35.5. The quantitative estimate of drug-likeness (QED) is 0.672. The lowest BCUT2D eigenvalue weighted by molar-refractivity contribution is -0.148. The van der Waals surface area contributed by atoms with Crippen LogP contribution in [0, 0.1) is 6.92 Å². The first-order valence-electron chi connectivity index (χ1n) is 7.53. The van der Waals surface area contributed by atoms with Gasteiger partial charge in [0.1, 0.15) is 0 Å². The summed E-state index contributed by atoms with van der Waals surface area (Å²) in [4.78, 5) is 16.3. The van der Waals surface area contributed by atoms with E-state index in [0.717, 1.165) is 22.0 Å². The number of aliphatic carboxylic acids is 1. The zero-order valence-corrected chi connectivity index (χ0v) is 15.1. The van der Waals surface area contributed by atoms with Crippen molar-refractivity contribution in [2.45, 2.75) is 13.0 Å². The molecule has 0 aliphatic heterocycles. The number of aromatic nitrogens is 1. The van der Waals surface area contributed by atoms with Crippen molar-refractivity contribution in [3.05, 3.63) is 63.8 Å². The van der Waals surface area contributed by atoms with E-state index in [1.54, 1.807) is 31.2 Å². The Morgan fingerprint density at radius 2 is 1.76 bits per heavy atom. The van der Waals surface area contributed by atoms with E-state index >= 15 is 0 Å². The van der Waals surface area contributed by atoms with Crippen molar-refractivity contribution in [3.63, 3.8) is 0 Å². The van der Waals surface area contributed by atoms with Gasteiger partial charge in [-0.05, 0) is 48.4 Å². The number of hydrogen-bond donors (Lipinski definition) is 1. The minimum atomic E-state index is -1.14. The van der Waals surface area contributed by atoms with Crippen LogP contribution in [0.15, 0.2) is 42.5 Å². The standard InChI is InChI=1S/C19H15Cl2NO3/c1-10-16(18(25-2)19(23)24)17(11-3-5-12(20)6-4-11)14-9-13(21)7-8-15(14)22-10/h3-9,18H,1-2H3,(H,23,24). The number of nitrogens with zero attached hydrogens (tertiary/aromatic N) is 1. The summed E-state index contributed by atoms with van der Waals surface area (Å²) in [5.74, 6) is -1.08. The van der Waals surface area contributed by atoms with E-state index in [0.29, 0.717) is 21.3 Å². The molecule has 0 spiro atoms. The minimum Gasteiger partial charge on any atom is -0.479 e. The van der Waals surface area contributed by atoms with Crippen LogP contribution in [0.3, 0.4) is 0 Å². The first-order chi connectivity index (χ1) is 11.9. The molecule has 1 atom stereocenters. The maximum Gasteiger partial charge on any atom is 0.337 e. The third-order valence-electron chi connectivity index (χ3n) is 4.03. The second-order valence-corrected chi connectivity index (χ2v) is 6.48. The summed E-state index contributed by atoms with van der Waals surface area (Å²) >= 11 is 12.2. The number of carbonyl (C=O) groups is 1. The molecule has 1 heterocycles. The van der Waals surface area contributed by atoms with Crippen LogP contribution in [0.2, 0.25) is 10.0 Å². The normalized spacial score (nSPS) is 12.3. The largest absolute Gasteiger partial charge is 0.479 e. The van der Waals surface area contributed by atoms with Crippen LogP contribution in [0.1, 0.15) is 17.4 Å². The zero-order valence-electron chi connectivity index (χ0n) is 13.6. The molecule has 0 aliphatic carbocycles. The van der Waals surface area contributed by atoms with Gasteiger partial charge < -0.3 is 9.84 Å². The molecule has 0 bridgehead atoms. The van der Waals surface area contributed by atoms with E-state index in [2.05, 4.69) is 4.98 Å². The molecule has 3 aromatic rings. The van der Waals surface area contributed by atoms with Crippen LogP contribution in [0.4, 0.5) is 0 Å². The Morgan fingerprint density at radius 3 is 2.36 bits per heavy atom. The van der Waals surface area contributed by atoms with Crippen LogP contribution in [0.5, 0.6) is 0 Å². The second kappa shape index (κ2) is 7.00. The molecule has 128 valence electrons. The number of ether oxygens (including phenoxy) is 1. The molecule has 0 fully saturated rings. The first-order valence-corrected chi connectivity index (χ1v) is 8.29. The van der Waals surface area contributed by atoms with Crippen LogP contribution < -0.4 is 0 Å². The average molecular weight is 376 g/mol. The third kappa shape index (κ3) is 3.33. The summed E-state index contributed by atoms with van der Waals surface area (Å²) in [7, 11) is 1.37. The van der Waals surface area contributed by atoms with Crippen LogP contribution in [-0.4, -0.2) is 23.2 Å². The van der Waals surface area contributed by atoms with Gasteiger partial charge >= 0.3 is 5.97 Å². The number of hydrogen-bond acceptors (Lipinski definition) is 3. The number of carboxylic acids is 1. The first kappa shape index (κ1) is 17.7. The van der Waals surface area contributed by atoms with E-state index in [4.69, 9.17) is 27.9 Å². The molecule has 1 aromatic heterocycles. The summed E-state index contributed by atoms with van der Waals surface area (Å²) in [6.07, 6.45) is -1.14. The van der Waals surface area contributed by atoms with Crippen LogP contribution in [0.25, 0.3) is 22.0 Å². The Labute approximate surface area is 155 Å². The number of benzene rings is 2. The predicted octanol–water partition coefficient (Wildman–Crippen LogP) is 5.29. The topological polar surface area (TPSA) is 59.4 Å². The van der Waals surface area contributed by atoms with Crippen LogP contribution >= 0.6 is 23.2 Å². The number of rotatable bonds is 4. The van der Waals surface area contributed by atoms with Gasteiger partial charge in [0, 0.05) is 33.8 Å². The molecule has 1 N–H and O–H groups in total. The number of halogens is 2. The third-order valence-corrected chi connectivity index (χ3v) is 4.52. The molecule has 0 saturated heterocycles. The maximum absolute atomic E-state index is 11.7. The lowest BCUT2D eigenvalue weighted by Crippen LogP contribution is -2.17. The highest BCUT2D eigenvalue weighted by molar-refractivity contribution is 6.31. The molecule has 0 radical (unpaired) electrons. The number of pyridine rings is 1. The second-order valence-electron chi connectivity index (χ2n) is 5.61. The van der Waals surface area contributed by atoms with Crippen molar-refractivity contribution in [1.82, 2.24) is 4.98 Å². The lowest BCUT2D eigenvalue weighted by Gasteiger charge is -2.20. The fourth-order valence-corrected chi connectivity index (χ4v) is 3.26. The maximum atomic E-state index is 11.7. The predicted molar refractivity (Wildman–Crippen MR) is 99.3 cm³/mol. The SMILES string of the molecule is COC(C(=O)O)c1c(C)nc2ccc(Cl)cc2c1-c1ccc(Cl)cc1. The number of aryl methyl sites for hydroxylation is 1. The molecule has 0 amide bonds. The minimum absolute atomic E-state index is 0.507. The molecule has 6 heteroatoms. The van der Waals surface area contributed by atoms with E-state index < -0.39 is 12.1 Å². The molecule has 2 aromatic carbocycles. The molecule has 0 aliphatic rings. The summed E-state index contributed by atoms with van der Waals surface area (Å²) < 4.78 is 5.25. The lowest BCUT2D eigenvalue weighted by atomic mass is 9.91.